The second kappa shape index (κ2) is 11.7. The van der Waals surface area contributed by atoms with Crippen LogP contribution in [0.3, 0.4) is 0 Å². The molecule has 0 spiro atoms. The molecular formula is C24H29NO10S. The van der Waals surface area contributed by atoms with Crippen molar-refractivity contribution in [3.63, 3.8) is 0 Å². The summed E-state index contributed by atoms with van der Waals surface area (Å²) in [6, 6.07) is 7.50. The lowest BCUT2D eigenvalue weighted by Crippen LogP contribution is -2.42. The number of anilines is 1. The predicted molar refractivity (Wildman–Crippen MR) is 132 cm³/mol. The topological polar surface area (TPSA) is 147 Å². The van der Waals surface area contributed by atoms with Gasteiger partial charge in [-0.3, -0.25) is 9.52 Å². The Bertz CT molecular complexity index is 1230. The lowest BCUT2D eigenvalue weighted by atomic mass is 9.95. The monoisotopic (exact) mass is 523 g/mol. The lowest BCUT2D eigenvalue weighted by molar-refractivity contribution is -0.175. The number of carboxylic acids is 1. The highest BCUT2D eigenvalue weighted by Crippen LogP contribution is 2.35. The Hall–Kier alpha value is -3.93. The number of carboxylic acid groups (broad SMARTS) is 1. The summed E-state index contributed by atoms with van der Waals surface area (Å²) in [5.74, 6) is -0.706. The first-order chi connectivity index (χ1) is 16.9. The molecule has 12 heteroatoms. The van der Waals surface area contributed by atoms with Gasteiger partial charge in [-0.05, 0) is 31.2 Å². The van der Waals surface area contributed by atoms with Crippen LogP contribution in [0.4, 0.5) is 5.69 Å². The van der Waals surface area contributed by atoms with E-state index < -0.39 is 27.6 Å². The SMILES string of the molecule is COc1cc(OC)c(/C=C/S(=O)(=O)Nc2ccc(OC)c(CC(C)(OC(C)=O)C(=O)O)c2)c(OC)c1. The van der Waals surface area contributed by atoms with E-state index in [1.807, 2.05) is 0 Å². The minimum atomic E-state index is -4.03. The zero-order valence-corrected chi connectivity index (χ0v) is 21.6. The van der Waals surface area contributed by atoms with Crippen molar-refractivity contribution in [2.45, 2.75) is 25.9 Å². The van der Waals surface area contributed by atoms with Crippen molar-refractivity contribution >= 4 is 33.7 Å². The number of carbonyl (C=O) groups excluding carboxylic acids is 1. The highest BCUT2D eigenvalue weighted by Gasteiger charge is 2.38. The van der Waals surface area contributed by atoms with Crippen molar-refractivity contribution in [2.24, 2.45) is 0 Å². The number of benzene rings is 2. The molecule has 0 fully saturated rings. The number of carbonyl (C=O) groups is 2. The van der Waals surface area contributed by atoms with Gasteiger partial charge in [0.2, 0.25) is 5.60 Å². The van der Waals surface area contributed by atoms with Crippen molar-refractivity contribution in [3.05, 3.63) is 46.9 Å². The van der Waals surface area contributed by atoms with Crippen molar-refractivity contribution in [2.75, 3.05) is 33.2 Å². The van der Waals surface area contributed by atoms with Gasteiger partial charge in [-0.25, -0.2) is 13.2 Å². The maximum Gasteiger partial charge on any atom is 0.348 e. The molecule has 2 N–H and O–H groups in total. The van der Waals surface area contributed by atoms with Gasteiger partial charge in [0.05, 0.1) is 39.4 Å². The molecular weight excluding hydrogens is 494 g/mol. The Kier molecular flexibility index (Phi) is 9.17. The highest BCUT2D eigenvalue weighted by molar-refractivity contribution is 7.95. The number of aliphatic carboxylic acids is 1. The van der Waals surface area contributed by atoms with Crippen molar-refractivity contribution < 1.29 is 46.8 Å². The number of rotatable bonds is 12. The molecule has 0 aliphatic rings. The van der Waals surface area contributed by atoms with Gasteiger partial charge < -0.3 is 28.8 Å². The molecule has 1 atom stereocenters. The molecule has 11 nitrogen and oxygen atoms in total. The van der Waals surface area contributed by atoms with Gasteiger partial charge in [0.15, 0.2) is 0 Å². The fourth-order valence-electron chi connectivity index (χ4n) is 3.37. The van der Waals surface area contributed by atoms with Gasteiger partial charge in [0, 0.05) is 36.7 Å². The van der Waals surface area contributed by atoms with E-state index in [2.05, 4.69) is 4.72 Å². The molecule has 36 heavy (non-hydrogen) atoms. The predicted octanol–water partition coefficient (Wildman–Crippen LogP) is 3.08. The van der Waals surface area contributed by atoms with Crippen LogP contribution in [0.15, 0.2) is 35.7 Å². The van der Waals surface area contributed by atoms with Gasteiger partial charge in [-0.15, -0.1) is 0 Å². The van der Waals surface area contributed by atoms with Gasteiger partial charge in [0.25, 0.3) is 10.0 Å². The Morgan fingerprint density at radius 2 is 1.56 bits per heavy atom. The summed E-state index contributed by atoms with van der Waals surface area (Å²) in [6.07, 6.45) is 1.04. The average Bonchev–Trinajstić information content (AvgIpc) is 2.81. The summed E-state index contributed by atoms with van der Waals surface area (Å²) in [5, 5.41) is 10.5. The van der Waals surface area contributed by atoms with Crippen molar-refractivity contribution in [1.29, 1.82) is 0 Å². The molecule has 1 unspecified atom stereocenters. The van der Waals surface area contributed by atoms with Crippen LogP contribution in [-0.4, -0.2) is 59.5 Å². The van der Waals surface area contributed by atoms with Crippen LogP contribution in [-0.2, 0) is 30.8 Å². The molecule has 0 saturated carbocycles. The Morgan fingerprint density at radius 1 is 0.972 bits per heavy atom. The van der Waals surface area contributed by atoms with Crippen molar-refractivity contribution in [3.8, 4) is 23.0 Å². The van der Waals surface area contributed by atoms with Gasteiger partial charge in [-0.2, -0.15) is 0 Å². The zero-order valence-electron chi connectivity index (χ0n) is 20.8. The van der Waals surface area contributed by atoms with Gasteiger partial charge >= 0.3 is 11.9 Å². The van der Waals surface area contributed by atoms with Crippen LogP contribution < -0.4 is 23.7 Å². The number of hydrogen-bond acceptors (Lipinski definition) is 9. The van der Waals surface area contributed by atoms with Crippen LogP contribution >= 0.6 is 0 Å². The smallest absolute Gasteiger partial charge is 0.348 e. The van der Waals surface area contributed by atoms with E-state index in [0.29, 0.717) is 34.1 Å². The van der Waals surface area contributed by atoms with E-state index in [-0.39, 0.29) is 12.1 Å². The molecule has 196 valence electrons. The highest BCUT2D eigenvalue weighted by atomic mass is 32.2. The van der Waals surface area contributed by atoms with Crippen LogP contribution in [0.25, 0.3) is 6.08 Å². The number of ether oxygens (including phenoxy) is 5. The Labute approximate surface area is 209 Å². The zero-order chi connectivity index (χ0) is 27.1. The molecule has 0 heterocycles. The van der Waals surface area contributed by atoms with E-state index in [1.54, 1.807) is 12.1 Å². The summed E-state index contributed by atoms with van der Waals surface area (Å²) in [5.41, 5.74) is -1.07. The maximum atomic E-state index is 12.8. The third-order valence-corrected chi connectivity index (χ3v) is 6.07. The Morgan fingerprint density at radius 3 is 2.03 bits per heavy atom. The summed E-state index contributed by atoms with van der Waals surface area (Å²) in [4.78, 5) is 23.2. The van der Waals surface area contributed by atoms with Crippen LogP contribution in [0, 0.1) is 0 Å². The molecule has 0 aliphatic carbocycles. The largest absolute Gasteiger partial charge is 0.496 e. The molecule has 0 aliphatic heterocycles. The number of sulfonamides is 1. The number of nitrogens with one attached hydrogen (secondary N) is 1. The molecule has 2 aromatic rings. The molecule has 0 radical (unpaired) electrons. The Balaban J connectivity index is 2.39. The summed E-state index contributed by atoms with van der Waals surface area (Å²) < 4.78 is 54.1. The van der Waals surface area contributed by atoms with Crippen LogP contribution in [0.5, 0.6) is 23.0 Å². The van der Waals surface area contributed by atoms with E-state index in [4.69, 9.17) is 23.7 Å². The quantitative estimate of drug-likeness (QED) is 0.398. The lowest BCUT2D eigenvalue weighted by Gasteiger charge is -2.25. The van der Waals surface area contributed by atoms with Crippen molar-refractivity contribution in [1.82, 2.24) is 0 Å². The maximum absolute atomic E-state index is 12.8. The molecule has 0 aromatic heterocycles. The number of methoxy groups -OCH3 is 4. The first kappa shape index (κ1) is 28.3. The van der Waals surface area contributed by atoms with E-state index in [9.17, 15) is 23.1 Å². The van der Waals surface area contributed by atoms with Gasteiger partial charge in [-0.1, -0.05) is 0 Å². The molecule has 0 saturated heterocycles. The second-order valence-corrected chi connectivity index (χ2v) is 9.29. The summed E-state index contributed by atoms with van der Waals surface area (Å²) >= 11 is 0. The van der Waals surface area contributed by atoms with E-state index >= 15 is 0 Å². The third kappa shape index (κ3) is 7.04. The minimum Gasteiger partial charge on any atom is -0.496 e. The number of esters is 1. The first-order valence-electron chi connectivity index (χ1n) is 10.5. The molecule has 0 bridgehead atoms. The van der Waals surface area contributed by atoms with E-state index in [0.717, 1.165) is 12.3 Å². The van der Waals surface area contributed by atoms with E-state index in [1.165, 1.54) is 59.6 Å². The fourth-order valence-corrected chi connectivity index (χ4v) is 4.21. The molecule has 2 aromatic carbocycles. The fraction of sp³-hybridized carbons (Fsp3) is 0.333. The second-order valence-electron chi connectivity index (χ2n) is 7.73. The normalized spacial score (nSPS) is 12.9. The standard InChI is InChI=1S/C24H29NO10S/c1-15(26)35-24(2,23(27)28)14-16-11-17(7-8-20(16)32-4)25-36(29,30)10-9-19-21(33-5)12-18(31-3)13-22(19)34-6/h7-13,25H,14H2,1-6H3,(H,27,28)/b10-9+. The first-order valence-corrected chi connectivity index (χ1v) is 12.0. The summed E-state index contributed by atoms with van der Waals surface area (Å²) in [6.45, 7) is 2.34. The van der Waals surface area contributed by atoms with Crippen LogP contribution in [0.2, 0.25) is 0 Å². The molecule has 2 rings (SSSR count). The third-order valence-electron chi connectivity index (χ3n) is 5.06. The summed E-state index contributed by atoms with van der Waals surface area (Å²) in [7, 11) is 1.69. The minimum absolute atomic E-state index is 0.139. The van der Waals surface area contributed by atoms with Crippen LogP contribution in [0.1, 0.15) is 25.0 Å². The number of hydrogen-bond donors (Lipinski definition) is 2. The average molecular weight is 524 g/mol. The molecule has 0 amide bonds. The van der Waals surface area contributed by atoms with Gasteiger partial charge in [0.1, 0.15) is 23.0 Å².